The summed E-state index contributed by atoms with van der Waals surface area (Å²) in [4.78, 5) is 0. The first-order valence-electron chi connectivity index (χ1n) is 4.46. The first-order valence-corrected chi connectivity index (χ1v) is 4.46. The van der Waals surface area contributed by atoms with Crippen LogP contribution < -0.4 is 0 Å². The summed E-state index contributed by atoms with van der Waals surface area (Å²) in [6, 6.07) is 2.12. The highest BCUT2D eigenvalue weighted by Crippen LogP contribution is 2.34. The van der Waals surface area contributed by atoms with E-state index in [4.69, 9.17) is 4.42 Å². The zero-order chi connectivity index (χ0) is 9.35. The fourth-order valence-electron chi connectivity index (χ4n) is 1.11. The monoisotopic (exact) mass is 166 g/mol. The van der Waals surface area contributed by atoms with Crippen LogP contribution in [0.4, 0.5) is 0 Å². The number of hydrogen-bond donors (Lipinski definition) is 0. The molecule has 0 aliphatic rings. The second kappa shape index (κ2) is 2.96. The Bertz CT molecular complexity index is 252. The largest absolute Gasteiger partial charge is 0.469 e. The molecule has 0 unspecified atom stereocenters. The van der Waals surface area contributed by atoms with Crippen LogP contribution in [0.2, 0.25) is 0 Å². The molecule has 0 amide bonds. The highest BCUT2D eigenvalue weighted by molar-refractivity contribution is 5.15. The van der Waals surface area contributed by atoms with Gasteiger partial charge in [0.1, 0.15) is 5.76 Å². The molecular formula is C11H18O. The lowest BCUT2D eigenvalue weighted by Gasteiger charge is -2.25. The van der Waals surface area contributed by atoms with E-state index in [1.165, 1.54) is 5.56 Å². The fourth-order valence-corrected chi connectivity index (χ4v) is 1.11. The Balaban J connectivity index is 2.85. The quantitative estimate of drug-likeness (QED) is 0.619. The lowest BCUT2D eigenvalue weighted by molar-refractivity contribution is 0.296. The molecule has 12 heavy (non-hydrogen) atoms. The Morgan fingerprint density at radius 1 is 1.33 bits per heavy atom. The van der Waals surface area contributed by atoms with E-state index in [-0.39, 0.29) is 5.41 Å². The minimum Gasteiger partial charge on any atom is -0.469 e. The van der Waals surface area contributed by atoms with Gasteiger partial charge < -0.3 is 4.42 Å². The van der Waals surface area contributed by atoms with Gasteiger partial charge in [0, 0.05) is 5.92 Å². The van der Waals surface area contributed by atoms with Gasteiger partial charge in [0.15, 0.2) is 0 Å². The molecular weight excluding hydrogens is 148 g/mol. The summed E-state index contributed by atoms with van der Waals surface area (Å²) in [7, 11) is 0. The van der Waals surface area contributed by atoms with Crippen molar-refractivity contribution in [1.82, 2.24) is 0 Å². The molecule has 0 saturated heterocycles. The maximum absolute atomic E-state index is 5.45. The van der Waals surface area contributed by atoms with E-state index in [9.17, 15) is 0 Å². The number of rotatable bonds is 1. The van der Waals surface area contributed by atoms with Gasteiger partial charge in [0.2, 0.25) is 0 Å². The second-order valence-corrected chi connectivity index (χ2v) is 4.61. The van der Waals surface area contributed by atoms with Gasteiger partial charge in [0.05, 0.1) is 6.26 Å². The highest BCUT2D eigenvalue weighted by Gasteiger charge is 2.23. The molecule has 1 heterocycles. The van der Waals surface area contributed by atoms with E-state index < -0.39 is 0 Å². The van der Waals surface area contributed by atoms with E-state index in [0.29, 0.717) is 5.92 Å². The van der Waals surface area contributed by atoms with Crippen molar-refractivity contribution in [2.24, 2.45) is 5.41 Å². The molecule has 0 fully saturated rings. The van der Waals surface area contributed by atoms with E-state index in [2.05, 4.69) is 40.7 Å². The molecule has 0 N–H and O–H groups in total. The van der Waals surface area contributed by atoms with Crippen LogP contribution in [0.15, 0.2) is 16.7 Å². The normalized spacial score (nSPS) is 14.8. The molecule has 0 aromatic carbocycles. The molecule has 0 radical (unpaired) electrons. The van der Waals surface area contributed by atoms with Crippen molar-refractivity contribution in [3.8, 4) is 0 Å². The van der Waals surface area contributed by atoms with Crippen molar-refractivity contribution in [3.63, 3.8) is 0 Å². The van der Waals surface area contributed by atoms with Crippen molar-refractivity contribution in [2.75, 3.05) is 0 Å². The highest BCUT2D eigenvalue weighted by atomic mass is 16.3. The summed E-state index contributed by atoms with van der Waals surface area (Å²) in [6.45, 7) is 11.0. The molecule has 1 aromatic heterocycles. The van der Waals surface area contributed by atoms with Crippen LogP contribution in [0, 0.1) is 12.3 Å². The molecule has 0 spiro atoms. The van der Waals surface area contributed by atoms with E-state index in [1.54, 1.807) is 0 Å². The van der Waals surface area contributed by atoms with Crippen molar-refractivity contribution >= 4 is 0 Å². The Kier molecular flexibility index (Phi) is 2.31. The summed E-state index contributed by atoms with van der Waals surface area (Å²) in [5, 5.41) is 0. The van der Waals surface area contributed by atoms with Gasteiger partial charge in [-0.25, -0.2) is 0 Å². The lowest BCUT2D eigenvalue weighted by Crippen LogP contribution is -2.14. The lowest BCUT2D eigenvalue weighted by atomic mass is 9.80. The number of hydrogen-bond acceptors (Lipinski definition) is 1. The van der Waals surface area contributed by atoms with E-state index in [1.807, 2.05) is 6.26 Å². The molecule has 0 aliphatic heterocycles. The summed E-state index contributed by atoms with van der Waals surface area (Å²) >= 11 is 0. The standard InChI is InChI=1S/C11H18O/c1-8-6-10(12-7-8)9(2)11(3,4)5/h6-7,9H,1-5H3/t9-/m0/s1. The summed E-state index contributed by atoms with van der Waals surface area (Å²) in [5.74, 6) is 1.58. The first-order chi connectivity index (χ1) is 5.41. The van der Waals surface area contributed by atoms with Crippen LogP contribution >= 0.6 is 0 Å². The van der Waals surface area contributed by atoms with Gasteiger partial charge in [-0.1, -0.05) is 27.7 Å². The van der Waals surface area contributed by atoms with Crippen molar-refractivity contribution in [1.29, 1.82) is 0 Å². The topological polar surface area (TPSA) is 13.1 Å². The molecule has 1 aromatic rings. The Morgan fingerprint density at radius 2 is 1.92 bits per heavy atom. The summed E-state index contributed by atoms with van der Waals surface area (Å²) in [5.41, 5.74) is 1.49. The first kappa shape index (κ1) is 9.37. The third-order valence-corrected chi connectivity index (χ3v) is 2.48. The Labute approximate surface area is 74.8 Å². The zero-order valence-corrected chi connectivity index (χ0v) is 8.64. The van der Waals surface area contributed by atoms with Gasteiger partial charge in [-0.3, -0.25) is 0 Å². The van der Waals surface area contributed by atoms with Crippen LogP contribution in [0.5, 0.6) is 0 Å². The van der Waals surface area contributed by atoms with Gasteiger partial charge in [-0.05, 0) is 24.0 Å². The molecule has 1 heteroatoms. The predicted octanol–water partition coefficient (Wildman–Crippen LogP) is 3.74. The number of aryl methyl sites for hydroxylation is 1. The summed E-state index contributed by atoms with van der Waals surface area (Å²) in [6.07, 6.45) is 1.82. The average molecular weight is 166 g/mol. The van der Waals surface area contributed by atoms with Crippen LogP contribution in [-0.4, -0.2) is 0 Å². The van der Waals surface area contributed by atoms with Gasteiger partial charge in [0.25, 0.3) is 0 Å². The molecule has 0 bridgehead atoms. The molecule has 68 valence electrons. The molecule has 0 saturated carbocycles. The smallest absolute Gasteiger partial charge is 0.107 e. The predicted molar refractivity (Wildman–Crippen MR) is 51.3 cm³/mol. The number of furan rings is 1. The van der Waals surface area contributed by atoms with Crippen molar-refractivity contribution in [2.45, 2.75) is 40.5 Å². The van der Waals surface area contributed by atoms with Crippen LogP contribution in [0.25, 0.3) is 0 Å². The maximum atomic E-state index is 5.45. The minimum absolute atomic E-state index is 0.282. The Morgan fingerprint density at radius 3 is 2.25 bits per heavy atom. The van der Waals surface area contributed by atoms with Crippen molar-refractivity contribution in [3.05, 3.63) is 23.7 Å². The second-order valence-electron chi connectivity index (χ2n) is 4.61. The maximum Gasteiger partial charge on any atom is 0.107 e. The molecule has 0 aliphatic carbocycles. The van der Waals surface area contributed by atoms with E-state index in [0.717, 1.165) is 5.76 Å². The molecule has 1 nitrogen and oxygen atoms in total. The van der Waals surface area contributed by atoms with Gasteiger partial charge in [-0.15, -0.1) is 0 Å². The van der Waals surface area contributed by atoms with E-state index >= 15 is 0 Å². The summed E-state index contributed by atoms with van der Waals surface area (Å²) < 4.78 is 5.45. The van der Waals surface area contributed by atoms with Crippen LogP contribution in [0.1, 0.15) is 44.9 Å². The van der Waals surface area contributed by atoms with Gasteiger partial charge >= 0.3 is 0 Å². The minimum atomic E-state index is 0.282. The Hall–Kier alpha value is -0.720. The van der Waals surface area contributed by atoms with Crippen molar-refractivity contribution < 1.29 is 4.42 Å². The van der Waals surface area contributed by atoms with Crippen LogP contribution in [0.3, 0.4) is 0 Å². The van der Waals surface area contributed by atoms with Gasteiger partial charge in [-0.2, -0.15) is 0 Å². The molecule has 1 atom stereocenters. The fraction of sp³-hybridized carbons (Fsp3) is 0.636. The SMILES string of the molecule is Cc1coc([C@H](C)C(C)(C)C)c1. The average Bonchev–Trinajstić information content (AvgIpc) is 2.32. The molecule has 1 rings (SSSR count). The third kappa shape index (κ3) is 1.90. The zero-order valence-electron chi connectivity index (χ0n) is 8.64. The third-order valence-electron chi connectivity index (χ3n) is 2.48. The van der Waals surface area contributed by atoms with Crippen LogP contribution in [-0.2, 0) is 0 Å².